The molecule has 2 aliphatic carbocycles. The fraction of sp³-hybridized carbons (Fsp3) is 0.684. The minimum Gasteiger partial charge on any atom is -0.281 e. The summed E-state index contributed by atoms with van der Waals surface area (Å²) in [5.41, 5.74) is 6.64. The maximum atomic E-state index is 4.39. The van der Waals surface area contributed by atoms with E-state index in [-0.39, 0.29) is 0 Å². The van der Waals surface area contributed by atoms with Crippen LogP contribution in [0.3, 0.4) is 0 Å². The van der Waals surface area contributed by atoms with Crippen molar-refractivity contribution in [2.75, 3.05) is 0 Å². The molecule has 24 heavy (non-hydrogen) atoms. The number of hydrogen-bond donors (Lipinski definition) is 2. The molecule has 4 rings (SSSR count). The molecule has 1 unspecified atom stereocenters. The van der Waals surface area contributed by atoms with Gasteiger partial charge in [-0.15, -0.1) is 4.68 Å². The standard InChI is InChI=1S/C19H27IN4/c1-18(2)6-4-13-12-24(23-15(13)10-18)9-8-19(3)7-5-14-16(11-19)21-22-17(14)20/h12H,4-11H2,1-3H3,(H,21,22)/p+1. The van der Waals surface area contributed by atoms with Crippen molar-refractivity contribution in [2.24, 2.45) is 10.8 Å². The van der Waals surface area contributed by atoms with Crippen LogP contribution in [-0.2, 0) is 32.2 Å². The van der Waals surface area contributed by atoms with E-state index < -0.39 is 0 Å². The van der Waals surface area contributed by atoms with Crippen LogP contribution in [0.15, 0.2) is 6.20 Å². The van der Waals surface area contributed by atoms with Crippen molar-refractivity contribution in [1.82, 2.24) is 15.3 Å². The molecule has 0 saturated heterocycles. The van der Waals surface area contributed by atoms with Gasteiger partial charge < -0.3 is 0 Å². The number of nitrogens with zero attached hydrogens (tertiary/aromatic N) is 2. The highest BCUT2D eigenvalue weighted by atomic mass is 127. The first-order valence-electron chi connectivity index (χ1n) is 9.15. The van der Waals surface area contributed by atoms with E-state index in [9.17, 15) is 0 Å². The molecule has 130 valence electrons. The summed E-state index contributed by atoms with van der Waals surface area (Å²) < 4.78 is 3.50. The largest absolute Gasteiger partial charge is 0.281 e. The number of hydrogen-bond acceptors (Lipinski definition) is 1. The van der Waals surface area contributed by atoms with E-state index in [4.69, 9.17) is 0 Å². The molecule has 2 aromatic rings. The average molecular weight is 439 g/mol. The van der Waals surface area contributed by atoms with Crippen LogP contribution < -0.4 is 4.68 Å². The summed E-state index contributed by atoms with van der Waals surface area (Å²) in [6, 6.07) is 0. The van der Waals surface area contributed by atoms with E-state index >= 15 is 0 Å². The van der Waals surface area contributed by atoms with Crippen LogP contribution >= 0.6 is 22.6 Å². The molecule has 2 N–H and O–H groups in total. The Morgan fingerprint density at radius 1 is 1.17 bits per heavy atom. The third kappa shape index (κ3) is 3.16. The number of halogens is 1. The van der Waals surface area contributed by atoms with Crippen LogP contribution in [0.5, 0.6) is 0 Å². The summed E-state index contributed by atoms with van der Waals surface area (Å²) >= 11 is 2.35. The van der Waals surface area contributed by atoms with E-state index in [1.165, 1.54) is 64.7 Å². The Bertz CT molecular complexity index is 758. The predicted octanol–water partition coefficient (Wildman–Crippen LogP) is 3.73. The SMILES string of the molecule is CC1(C)CCc2c[n+](CCC3(C)CCc4c(I)n[nH]c4C3)[nH]c2C1. The predicted molar refractivity (Wildman–Crippen MR) is 103 cm³/mol. The Morgan fingerprint density at radius 3 is 2.83 bits per heavy atom. The van der Waals surface area contributed by atoms with Gasteiger partial charge in [0.1, 0.15) is 3.70 Å². The molecule has 0 fully saturated rings. The number of nitrogens with one attached hydrogen (secondary N) is 2. The van der Waals surface area contributed by atoms with E-state index in [0.717, 1.165) is 13.0 Å². The van der Waals surface area contributed by atoms with Gasteiger partial charge in [-0.3, -0.25) is 5.10 Å². The third-order valence-electron chi connectivity index (χ3n) is 6.14. The van der Waals surface area contributed by atoms with Crippen molar-refractivity contribution < 1.29 is 4.68 Å². The normalized spacial score (nSPS) is 25.3. The van der Waals surface area contributed by atoms with Gasteiger partial charge in [0.15, 0.2) is 12.7 Å². The number of aryl methyl sites for hydroxylation is 2. The summed E-state index contributed by atoms with van der Waals surface area (Å²) in [6.45, 7) is 8.29. The first-order chi connectivity index (χ1) is 11.3. The summed E-state index contributed by atoms with van der Waals surface area (Å²) in [5, 5.41) is 11.3. The van der Waals surface area contributed by atoms with Crippen LogP contribution in [-0.4, -0.2) is 15.3 Å². The second kappa shape index (κ2) is 5.85. The summed E-state index contributed by atoms with van der Waals surface area (Å²) in [6.07, 6.45) is 10.9. The van der Waals surface area contributed by atoms with Crippen molar-refractivity contribution in [1.29, 1.82) is 0 Å². The van der Waals surface area contributed by atoms with Crippen LogP contribution in [0.1, 0.15) is 62.5 Å². The highest BCUT2D eigenvalue weighted by Crippen LogP contribution is 2.38. The zero-order chi connectivity index (χ0) is 16.9. The molecular formula is C19H28IN4+. The maximum absolute atomic E-state index is 4.39. The van der Waals surface area contributed by atoms with Crippen molar-refractivity contribution in [3.63, 3.8) is 0 Å². The van der Waals surface area contributed by atoms with Gasteiger partial charge in [0.05, 0.1) is 5.69 Å². The van der Waals surface area contributed by atoms with Gasteiger partial charge in [0.2, 0.25) is 0 Å². The van der Waals surface area contributed by atoms with Gasteiger partial charge in [-0.2, -0.15) is 10.2 Å². The minimum atomic E-state index is 0.375. The van der Waals surface area contributed by atoms with Crippen LogP contribution in [0, 0.1) is 14.5 Å². The Morgan fingerprint density at radius 2 is 2.00 bits per heavy atom. The smallest absolute Gasteiger partial charge is 0.198 e. The molecule has 0 radical (unpaired) electrons. The monoisotopic (exact) mass is 439 g/mol. The molecular weight excluding hydrogens is 411 g/mol. The van der Waals surface area contributed by atoms with E-state index in [1.807, 2.05) is 0 Å². The van der Waals surface area contributed by atoms with Crippen LogP contribution in [0.4, 0.5) is 0 Å². The van der Waals surface area contributed by atoms with E-state index in [2.05, 4.69) is 69.5 Å². The molecule has 0 aliphatic heterocycles. The zero-order valence-electron chi connectivity index (χ0n) is 15.0. The molecule has 2 aromatic heterocycles. The number of rotatable bonds is 3. The molecule has 2 aliphatic rings. The van der Waals surface area contributed by atoms with Gasteiger partial charge in [-0.25, -0.2) is 0 Å². The molecule has 0 amide bonds. The second-order valence-corrected chi connectivity index (χ2v) is 10.0. The van der Waals surface area contributed by atoms with Gasteiger partial charge in [0, 0.05) is 23.2 Å². The lowest BCUT2D eigenvalue weighted by Crippen LogP contribution is -2.39. The first kappa shape index (κ1) is 16.6. The second-order valence-electron chi connectivity index (χ2n) is 8.99. The number of fused-ring (bicyclic) bond motifs is 2. The van der Waals surface area contributed by atoms with Gasteiger partial charge >= 0.3 is 0 Å². The number of aromatic nitrogens is 4. The highest BCUT2D eigenvalue weighted by molar-refractivity contribution is 14.1. The van der Waals surface area contributed by atoms with Crippen LogP contribution in [0.2, 0.25) is 0 Å². The van der Waals surface area contributed by atoms with Gasteiger partial charge in [-0.1, -0.05) is 20.8 Å². The Labute approximate surface area is 157 Å². The van der Waals surface area contributed by atoms with Crippen molar-refractivity contribution in [3.8, 4) is 0 Å². The molecule has 5 heteroatoms. The van der Waals surface area contributed by atoms with Gasteiger partial charge in [0.25, 0.3) is 0 Å². The molecule has 0 aromatic carbocycles. The molecule has 4 nitrogen and oxygen atoms in total. The Balaban J connectivity index is 1.43. The third-order valence-corrected chi connectivity index (χ3v) is 7.04. The fourth-order valence-electron chi connectivity index (χ4n) is 4.39. The minimum absolute atomic E-state index is 0.375. The van der Waals surface area contributed by atoms with Crippen molar-refractivity contribution in [2.45, 2.75) is 72.3 Å². The van der Waals surface area contributed by atoms with Gasteiger partial charge in [-0.05, 0) is 71.9 Å². The topological polar surface area (TPSA) is 48.4 Å². The average Bonchev–Trinajstić information content (AvgIpc) is 3.07. The maximum Gasteiger partial charge on any atom is 0.198 e. The number of H-pyrrole nitrogens is 2. The lowest BCUT2D eigenvalue weighted by molar-refractivity contribution is -0.752. The Hall–Kier alpha value is -0.850. The molecule has 1 atom stereocenters. The van der Waals surface area contributed by atoms with E-state index in [1.54, 1.807) is 0 Å². The quantitative estimate of drug-likeness (QED) is 0.556. The van der Waals surface area contributed by atoms with E-state index in [0.29, 0.717) is 10.8 Å². The summed E-state index contributed by atoms with van der Waals surface area (Å²) in [7, 11) is 0. The molecule has 2 heterocycles. The number of aromatic amines is 2. The lowest BCUT2D eigenvalue weighted by atomic mass is 9.73. The summed E-state index contributed by atoms with van der Waals surface area (Å²) in [4.78, 5) is 0. The lowest BCUT2D eigenvalue weighted by Gasteiger charge is -2.32. The molecule has 0 bridgehead atoms. The Kier molecular flexibility index (Phi) is 4.05. The fourth-order valence-corrected chi connectivity index (χ4v) is 5.11. The van der Waals surface area contributed by atoms with Crippen LogP contribution in [0.25, 0.3) is 0 Å². The summed E-state index contributed by atoms with van der Waals surface area (Å²) in [5.74, 6) is 0. The molecule has 0 spiro atoms. The first-order valence-corrected chi connectivity index (χ1v) is 10.2. The zero-order valence-corrected chi connectivity index (χ0v) is 17.2. The van der Waals surface area contributed by atoms with Crippen molar-refractivity contribution >= 4 is 22.6 Å². The van der Waals surface area contributed by atoms with Crippen molar-refractivity contribution in [3.05, 3.63) is 32.4 Å². The molecule has 0 saturated carbocycles. The highest BCUT2D eigenvalue weighted by Gasteiger charge is 2.34.